The first-order valence-electron chi connectivity index (χ1n) is 18.5. The number of pyridine rings is 1. The van der Waals surface area contributed by atoms with Crippen LogP contribution in [0.25, 0.3) is 33.0 Å². The van der Waals surface area contributed by atoms with Gasteiger partial charge in [-0.1, -0.05) is 136 Å². The molecule has 3 nitrogen and oxygen atoms in total. The number of rotatable bonds is 18. The molecule has 0 atom stereocenters. The van der Waals surface area contributed by atoms with Gasteiger partial charge in [-0.25, -0.2) is 4.98 Å². The van der Waals surface area contributed by atoms with Crippen molar-refractivity contribution in [3.63, 3.8) is 0 Å². The molecule has 4 rings (SSSR count). The lowest BCUT2D eigenvalue weighted by Gasteiger charge is -2.41. The molecule has 4 aromatic rings. The highest BCUT2D eigenvalue weighted by atomic mass is 28.4. The fourth-order valence-electron chi connectivity index (χ4n) is 7.85. The van der Waals surface area contributed by atoms with E-state index in [-0.39, 0.29) is 0 Å². The molecule has 4 heteroatoms. The first-order chi connectivity index (χ1) is 22.7. The van der Waals surface area contributed by atoms with E-state index in [0.717, 1.165) is 24.5 Å². The SMILES string of the molecule is CCCCCCc1cc(-c2cccc3cc(O[Si](C(C)C)(C(C)C)C(C)C)ncc23)c(CCCCCC)cc1-c1ccc(OC)cc1. The smallest absolute Gasteiger partial charge is 0.260 e. The van der Waals surface area contributed by atoms with Gasteiger partial charge in [0.05, 0.1) is 7.11 Å². The van der Waals surface area contributed by atoms with Crippen molar-refractivity contribution in [2.45, 2.75) is 136 Å². The molecule has 254 valence electrons. The van der Waals surface area contributed by atoms with Gasteiger partial charge in [-0.3, -0.25) is 0 Å². The number of hydrogen-bond acceptors (Lipinski definition) is 3. The summed E-state index contributed by atoms with van der Waals surface area (Å²) in [4.78, 5) is 5.02. The predicted molar refractivity (Wildman–Crippen MR) is 207 cm³/mol. The van der Waals surface area contributed by atoms with Crippen LogP contribution >= 0.6 is 0 Å². The number of nitrogens with zero attached hydrogens (tertiary/aromatic N) is 1. The summed E-state index contributed by atoms with van der Waals surface area (Å²) in [6.45, 7) is 18.6. The third-order valence-electron chi connectivity index (χ3n) is 10.3. The number of methoxy groups -OCH3 is 1. The van der Waals surface area contributed by atoms with Crippen LogP contribution in [0, 0.1) is 0 Å². The molecule has 0 bridgehead atoms. The van der Waals surface area contributed by atoms with Gasteiger partial charge in [0.2, 0.25) is 0 Å². The predicted octanol–water partition coefficient (Wildman–Crippen LogP) is 13.4. The lowest BCUT2D eigenvalue weighted by atomic mass is 9.86. The van der Waals surface area contributed by atoms with Gasteiger partial charge < -0.3 is 9.16 Å². The average Bonchev–Trinajstić information content (AvgIpc) is 3.06. The average molecular weight is 652 g/mol. The van der Waals surface area contributed by atoms with Crippen molar-refractivity contribution in [1.29, 1.82) is 0 Å². The first kappa shape index (κ1) is 36.7. The number of aromatic nitrogens is 1. The van der Waals surface area contributed by atoms with E-state index < -0.39 is 8.32 Å². The Hall–Kier alpha value is -3.11. The van der Waals surface area contributed by atoms with Gasteiger partial charge in [0.15, 0.2) is 5.88 Å². The number of ether oxygens (including phenoxy) is 1. The minimum atomic E-state index is -2.11. The van der Waals surface area contributed by atoms with Crippen molar-refractivity contribution in [3.05, 3.63) is 78.0 Å². The number of fused-ring (bicyclic) bond motifs is 1. The van der Waals surface area contributed by atoms with E-state index in [2.05, 4.69) is 122 Å². The molecule has 0 aliphatic heterocycles. The second kappa shape index (κ2) is 17.3. The molecule has 0 spiro atoms. The zero-order chi connectivity index (χ0) is 34.0. The molecule has 0 unspecified atom stereocenters. The molecular weight excluding hydrogens is 591 g/mol. The Morgan fingerprint density at radius 2 is 1.21 bits per heavy atom. The second-order valence-corrected chi connectivity index (χ2v) is 19.9. The van der Waals surface area contributed by atoms with Crippen molar-refractivity contribution >= 4 is 19.1 Å². The van der Waals surface area contributed by atoms with Crippen LogP contribution in [0.2, 0.25) is 16.6 Å². The minimum Gasteiger partial charge on any atom is -0.530 e. The molecule has 0 saturated heterocycles. The maximum atomic E-state index is 7.02. The van der Waals surface area contributed by atoms with Crippen LogP contribution in [0.5, 0.6) is 11.6 Å². The van der Waals surface area contributed by atoms with Crippen molar-refractivity contribution in [1.82, 2.24) is 4.98 Å². The maximum Gasteiger partial charge on any atom is 0.260 e. The molecule has 0 radical (unpaired) electrons. The highest BCUT2D eigenvalue weighted by Crippen LogP contribution is 2.43. The molecule has 0 amide bonds. The van der Waals surface area contributed by atoms with Gasteiger partial charge >= 0.3 is 0 Å². The quantitative estimate of drug-likeness (QED) is 0.0792. The second-order valence-electron chi connectivity index (χ2n) is 14.5. The normalized spacial score (nSPS) is 12.1. The van der Waals surface area contributed by atoms with E-state index >= 15 is 0 Å². The largest absolute Gasteiger partial charge is 0.530 e. The van der Waals surface area contributed by atoms with Crippen molar-refractivity contribution in [2.24, 2.45) is 0 Å². The molecule has 3 aromatic carbocycles. The summed E-state index contributed by atoms with van der Waals surface area (Å²) in [5.74, 6) is 1.68. The molecule has 0 saturated carbocycles. The molecule has 47 heavy (non-hydrogen) atoms. The van der Waals surface area contributed by atoms with E-state index in [4.69, 9.17) is 14.1 Å². The highest BCUT2D eigenvalue weighted by Gasteiger charge is 2.47. The van der Waals surface area contributed by atoms with Gasteiger partial charge in [0.25, 0.3) is 8.32 Å². The summed E-state index contributed by atoms with van der Waals surface area (Å²) in [5, 5.41) is 2.40. The third-order valence-corrected chi connectivity index (χ3v) is 16.3. The summed E-state index contributed by atoms with van der Waals surface area (Å²) in [7, 11) is -0.367. The van der Waals surface area contributed by atoms with E-state index in [0.29, 0.717) is 16.6 Å². The summed E-state index contributed by atoms with van der Waals surface area (Å²) < 4.78 is 12.5. The van der Waals surface area contributed by atoms with E-state index in [1.165, 1.54) is 95.5 Å². The van der Waals surface area contributed by atoms with Crippen LogP contribution < -0.4 is 9.16 Å². The molecule has 0 fully saturated rings. The Morgan fingerprint density at radius 1 is 0.638 bits per heavy atom. The Bertz CT molecular complexity index is 1530. The Morgan fingerprint density at radius 3 is 1.77 bits per heavy atom. The summed E-state index contributed by atoms with van der Waals surface area (Å²) in [5.41, 5.74) is 9.65. The zero-order valence-electron chi connectivity index (χ0n) is 30.9. The molecule has 0 aliphatic rings. The number of benzene rings is 3. The molecule has 0 N–H and O–H groups in total. The standard InChI is InChI=1S/C43H61NO2Si/c1-10-12-14-16-19-35-28-41(36(20-17-15-13-11-2)27-40(35)34-23-25-38(45-9)26-24-34)39-22-18-21-37-29-43(44-30-42(37)39)46-47(31(3)4,32(5)6)33(7)8/h18,21-33H,10-17,19-20H2,1-9H3. The summed E-state index contributed by atoms with van der Waals surface area (Å²) >= 11 is 0. The monoisotopic (exact) mass is 651 g/mol. The molecule has 1 aromatic heterocycles. The highest BCUT2D eigenvalue weighted by molar-refractivity contribution is 6.78. The molecule has 1 heterocycles. The summed E-state index contributed by atoms with van der Waals surface area (Å²) in [6.07, 6.45) is 14.2. The lowest BCUT2D eigenvalue weighted by molar-refractivity contribution is 0.415. The lowest BCUT2D eigenvalue weighted by Crippen LogP contribution is -2.50. The molecular formula is C43H61NO2Si. The van der Waals surface area contributed by atoms with Gasteiger partial charge in [-0.15, -0.1) is 0 Å². The Kier molecular flexibility index (Phi) is 13.5. The van der Waals surface area contributed by atoms with E-state index in [1.54, 1.807) is 7.11 Å². The maximum absolute atomic E-state index is 7.02. The third kappa shape index (κ3) is 8.68. The Labute approximate surface area is 287 Å². The van der Waals surface area contributed by atoms with Crippen LogP contribution in [-0.4, -0.2) is 20.4 Å². The van der Waals surface area contributed by atoms with E-state index in [9.17, 15) is 0 Å². The van der Waals surface area contributed by atoms with Crippen LogP contribution in [0.4, 0.5) is 0 Å². The molecule has 0 aliphatic carbocycles. The van der Waals surface area contributed by atoms with Gasteiger partial charge in [-0.2, -0.15) is 0 Å². The van der Waals surface area contributed by atoms with Gasteiger partial charge in [-0.05, 0) is 93.2 Å². The number of unbranched alkanes of at least 4 members (excludes halogenated alkanes) is 6. The van der Waals surface area contributed by atoms with Crippen LogP contribution in [0.15, 0.2) is 66.9 Å². The summed E-state index contributed by atoms with van der Waals surface area (Å²) in [6, 6.07) is 22.6. The minimum absolute atomic E-state index is 0.501. The number of aryl methyl sites for hydroxylation is 2. The fraction of sp³-hybridized carbons (Fsp3) is 0.512. The van der Waals surface area contributed by atoms with E-state index in [1.807, 2.05) is 0 Å². The van der Waals surface area contributed by atoms with Gasteiger partial charge in [0, 0.05) is 17.6 Å². The number of hydrogen-bond donors (Lipinski definition) is 0. The van der Waals surface area contributed by atoms with Crippen molar-refractivity contribution in [2.75, 3.05) is 7.11 Å². The van der Waals surface area contributed by atoms with Crippen LogP contribution in [0.1, 0.15) is 118 Å². The zero-order valence-corrected chi connectivity index (χ0v) is 31.9. The topological polar surface area (TPSA) is 31.4 Å². The van der Waals surface area contributed by atoms with Crippen LogP contribution in [0.3, 0.4) is 0 Å². The first-order valence-corrected chi connectivity index (χ1v) is 20.7. The van der Waals surface area contributed by atoms with Crippen LogP contribution in [-0.2, 0) is 12.8 Å². The Balaban J connectivity index is 1.85. The van der Waals surface area contributed by atoms with Crippen molar-refractivity contribution < 1.29 is 9.16 Å². The van der Waals surface area contributed by atoms with Crippen molar-refractivity contribution in [3.8, 4) is 33.9 Å². The fourth-order valence-corrected chi connectivity index (χ4v) is 13.0. The van der Waals surface area contributed by atoms with Gasteiger partial charge in [0.1, 0.15) is 5.75 Å².